The highest BCUT2D eigenvalue weighted by Crippen LogP contribution is 2.17. The summed E-state index contributed by atoms with van der Waals surface area (Å²) in [6.07, 6.45) is 3.84. The highest BCUT2D eigenvalue weighted by Gasteiger charge is 2.15. The third-order valence-corrected chi connectivity index (χ3v) is 2.71. The van der Waals surface area contributed by atoms with E-state index in [1.54, 1.807) is 0 Å². The van der Waals surface area contributed by atoms with Gasteiger partial charge in [-0.3, -0.25) is 4.79 Å². The summed E-state index contributed by atoms with van der Waals surface area (Å²) in [5.41, 5.74) is 0.171. The van der Waals surface area contributed by atoms with Crippen molar-refractivity contribution in [3.8, 4) is 0 Å². The first-order chi connectivity index (χ1) is 7.27. The minimum atomic E-state index is -0.381. The van der Waals surface area contributed by atoms with Gasteiger partial charge < -0.3 is 10.1 Å². The molecule has 1 aromatic heterocycles. The molecule has 0 bridgehead atoms. The SMILES string of the molecule is O=c1[nH]ncc(NCC2CCCO2)c1Cl. The van der Waals surface area contributed by atoms with Crippen LogP contribution in [-0.4, -0.2) is 29.5 Å². The Morgan fingerprint density at radius 2 is 2.60 bits per heavy atom. The van der Waals surface area contributed by atoms with Gasteiger partial charge in [-0.2, -0.15) is 5.10 Å². The molecule has 1 fully saturated rings. The molecular weight excluding hydrogens is 218 g/mol. The summed E-state index contributed by atoms with van der Waals surface area (Å²) in [5, 5.41) is 9.12. The molecule has 0 aromatic carbocycles. The van der Waals surface area contributed by atoms with E-state index in [0.717, 1.165) is 19.4 Å². The van der Waals surface area contributed by atoms with Crippen LogP contribution in [0.1, 0.15) is 12.8 Å². The van der Waals surface area contributed by atoms with Gasteiger partial charge in [-0.25, -0.2) is 5.10 Å². The second-order valence-corrected chi connectivity index (χ2v) is 3.82. The van der Waals surface area contributed by atoms with Crippen LogP contribution in [-0.2, 0) is 4.74 Å². The molecule has 2 heterocycles. The van der Waals surface area contributed by atoms with Gasteiger partial charge in [0.15, 0.2) is 0 Å². The number of hydrogen-bond donors (Lipinski definition) is 2. The number of nitrogens with one attached hydrogen (secondary N) is 2. The predicted molar refractivity (Wildman–Crippen MR) is 57.3 cm³/mol. The Balaban J connectivity index is 1.98. The van der Waals surface area contributed by atoms with Crippen molar-refractivity contribution in [3.63, 3.8) is 0 Å². The standard InChI is InChI=1S/C9H12ClN3O2/c10-8-7(5-12-13-9(8)14)11-4-6-2-1-3-15-6/h5-6H,1-4H2,(H2,11,13,14). The van der Waals surface area contributed by atoms with Gasteiger partial charge in [-0.05, 0) is 12.8 Å². The molecule has 1 aromatic rings. The van der Waals surface area contributed by atoms with Crippen LogP contribution in [0.3, 0.4) is 0 Å². The number of nitrogens with zero attached hydrogens (tertiary/aromatic N) is 1. The molecule has 0 radical (unpaired) electrons. The lowest BCUT2D eigenvalue weighted by atomic mass is 10.2. The smallest absolute Gasteiger partial charge is 0.285 e. The molecule has 1 unspecified atom stereocenters. The molecule has 0 amide bonds. The topological polar surface area (TPSA) is 67.0 Å². The lowest BCUT2D eigenvalue weighted by Gasteiger charge is -2.11. The van der Waals surface area contributed by atoms with Crippen molar-refractivity contribution in [1.82, 2.24) is 10.2 Å². The average Bonchev–Trinajstić information content (AvgIpc) is 2.73. The van der Waals surface area contributed by atoms with E-state index in [-0.39, 0.29) is 16.7 Å². The molecule has 15 heavy (non-hydrogen) atoms. The summed E-state index contributed by atoms with van der Waals surface area (Å²) in [5.74, 6) is 0. The van der Waals surface area contributed by atoms with Crippen LogP contribution in [0.4, 0.5) is 5.69 Å². The summed E-state index contributed by atoms with van der Waals surface area (Å²) in [6, 6.07) is 0. The van der Waals surface area contributed by atoms with Crippen molar-refractivity contribution in [1.29, 1.82) is 0 Å². The number of aromatic amines is 1. The fourth-order valence-corrected chi connectivity index (χ4v) is 1.69. The second kappa shape index (κ2) is 4.63. The van der Waals surface area contributed by atoms with Gasteiger partial charge in [0.1, 0.15) is 5.02 Å². The average molecular weight is 230 g/mol. The highest BCUT2D eigenvalue weighted by molar-refractivity contribution is 6.32. The Morgan fingerprint density at radius 3 is 3.33 bits per heavy atom. The Bertz CT molecular complexity index is 387. The molecule has 0 spiro atoms. The van der Waals surface area contributed by atoms with Crippen LogP contribution >= 0.6 is 11.6 Å². The number of ether oxygens (including phenoxy) is 1. The normalized spacial score (nSPS) is 20.5. The fourth-order valence-electron chi connectivity index (χ4n) is 1.54. The number of anilines is 1. The minimum absolute atomic E-state index is 0.142. The van der Waals surface area contributed by atoms with Crippen LogP contribution < -0.4 is 10.9 Å². The summed E-state index contributed by atoms with van der Waals surface area (Å²) in [4.78, 5) is 11.1. The Hall–Kier alpha value is -1.07. The zero-order valence-electron chi connectivity index (χ0n) is 8.12. The van der Waals surface area contributed by atoms with Crippen LogP contribution in [0.25, 0.3) is 0 Å². The van der Waals surface area contributed by atoms with Crippen molar-refractivity contribution in [2.75, 3.05) is 18.5 Å². The zero-order valence-corrected chi connectivity index (χ0v) is 8.88. The maximum absolute atomic E-state index is 11.1. The van der Waals surface area contributed by atoms with Crippen LogP contribution in [0.15, 0.2) is 11.0 Å². The van der Waals surface area contributed by atoms with E-state index in [9.17, 15) is 4.79 Å². The second-order valence-electron chi connectivity index (χ2n) is 3.44. The molecule has 2 N–H and O–H groups in total. The molecule has 0 saturated carbocycles. The maximum atomic E-state index is 11.1. The van der Waals surface area contributed by atoms with Gasteiger partial charge in [0.25, 0.3) is 5.56 Å². The molecule has 1 atom stereocenters. The van der Waals surface area contributed by atoms with E-state index < -0.39 is 0 Å². The molecule has 5 nitrogen and oxygen atoms in total. The first-order valence-corrected chi connectivity index (χ1v) is 5.24. The summed E-state index contributed by atoms with van der Waals surface area (Å²) < 4.78 is 5.43. The van der Waals surface area contributed by atoms with Crippen molar-refractivity contribution in [2.45, 2.75) is 18.9 Å². The molecule has 82 valence electrons. The zero-order chi connectivity index (χ0) is 10.7. The highest BCUT2D eigenvalue weighted by atomic mass is 35.5. The third-order valence-electron chi connectivity index (χ3n) is 2.34. The molecule has 1 saturated heterocycles. The quantitative estimate of drug-likeness (QED) is 0.812. The predicted octanol–water partition coefficient (Wildman–Crippen LogP) is 1.01. The molecule has 1 aliphatic rings. The lowest BCUT2D eigenvalue weighted by molar-refractivity contribution is 0.120. The van der Waals surface area contributed by atoms with Crippen LogP contribution in [0, 0.1) is 0 Å². The Kier molecular flexibility index (Phi) is 3.23. The first kappa shape index (κ1) is 10.4. The van der Waals surface area contributed by atoms with E-state index in [1.165, 1.54) is 6.20 Å². The fraction of sp³-hybridized carbons (Fsp3) is 0.556. The minimum Gasteiger partial charge on any atom is -0.380 e. The van der Waals surface area contributed by atoms with E-state index in [2.05, 4.69) is 15.5 Å². The van der Waals surface area contributed by atoms with Gasteiger partial charge in [0.2, 0.25) is 0 Å². The van der Waals surface area contributed by atoms with Crippen LogP contribution in [0.2, 0.25) is 5.02 Å². The van der Waals surface area contributed by atoms with Crippen molar-refractivity contribution in [3.05, 3.63) is 21.6 Å². The van der Waals surface area contributed by atoms with Crippen molar-refractivity contribution in [2.24, 2.45) is 0 Å². The molecule has 0 aliphatic carbocycles. The van der Waals surface area contributed by atoms with Crippen molar-refractivity contribution >= 4 is 17.3 Å². The molecule has 1 aliphatic heterocycles. The molecule has 6 heteroatoms. The molecular formula is C9H12ClN3O2. The first-order valence-electron chi connectivity index (χ1n) is 4.86. The maximum Gasteiger partial charge on any atom is 0.285 e. The Labute approximate surface area is 91.8 Å². The van der Waals surface area contributed by atoms with Gasteiger partial charge in [0.05, 0.1) is 18.0 Å². The number of H-pyrrole nitrogens is 1. The number of halogens is 1. The van der Waals surface area contributed by atoms with E-state index in [1.807, 2.05) is 0 Å². The monoisotopic (exact) mass is 229 g/mol. The third kappa shape index (κ3) is 2.49. The summed E-state index contributed by atoms with van der Waals surface area (Å²) in [6.45, 7) is 1.47. The lowest BCUT2D eigenvalue weighted by Crippen LogP contribution is -2.20. The van der Waals surface area contributed by atoms with Crippen molar-refractivity contribution < 1.29 is 4.74 Å². The van der Waals surface area contributed by atoms with E-state index >= 15 is 0 Å². The number of aromatic nitrogens is 2. The van der Waals surface area contributed by atoms with Gasteiger partial charge in [0, 0.05) is 13.2 Å². The van der Waals surface area contributed by atoms with Gasteiger partial charge in [-0.1, -0.05) is 11.6 Å². The largest absolute Gasteiger partial charge is 0.380 e. The van der Waals surface area contributed by atoms with E-state index in [4.69, 9.17) is 16.3 Å². The summed E-state index contributed by atoms with van der Waals surface area (Å²) >= 11 is 5.79. The van der Waals surface area contributed by atoms with E-state index in [0.29, 0.717) is 12.2 Å². The number of hydrogen-bond acceptors (Lipinski definition) is 4. The van der Waals surface area contributed by atoms with Gasteiger partial charge >= 0.3 is 0 Å². The van der Waals surface area contributed by atoms with Crippen LogP contribution in [0.5, 0.6) is 0 Å². The number of rotatable bonds is 3. The summed E-state index contributed by atoms with van der Waals surface area (Å²) in [7, 11) is 0. The molecule has 2 rings (SSSR count). The Morgan fingerprint density at radius 1 is 1.73 bits per heavy atom. The van der Waals surface area contributed by atoms with Gasteiger partial charge in [-0.15, -0.1) is 0 Å².